The summed E-state index contributed by atoms with van der Waals surface area (Å²) >= 11 is 0. The fourth-order valence-electron chi connectivity index (χ4n) is 2.94. The van der Waals surface area contributed by atoms with Crippen LogP contribution < -0.4 is 0 Å². The van der Waals surface area contributed by atoms with Gasteiger partial charge in [-0.05, 0) is 18.3 Å². The largest absolute Gasteiger partial charge is 0.390 e. The Hall–Kier alpha value is -3.37. The Balaban J connectivity index is 1.86. The van der Waals surface area contributed by atoms with Gasteiger partial charge in [-0.2, -0.15) is 9.78 Å². The van der Waals surface area contributed by atoms with Crippen LogP contribution in [0, 0.1) is 17.0 Å². The molecule has 0 spiro atoms. The van der Waals surface area contributed by atoms with Gasteiger partial charge >= 0.3 is 5.82 Å². The topological polar surface area (TPSA) is 122 Å². The Kier molecular flexibility index (Phi) is 3.23. The molecule has 11 heteroatoms. The van der Waals surface area contributed by atoms with Crippen LogP contribution in [0.2, 0.25) is 0 Å². The zero-order valence-corrected chi connectivity index (χ0v) is 13.9. The number of nitrogens with zero attached hydrogens (tertiary/aromatic N) is 9. The molecule has 0 N–H and O–H groups in total. The lowest BCUT2D eigenvalue weighted by Crippen LogP contribution is -2.14. The van der Waals surface area contributed by atoms with Crippen molar-refractivity contribution < 1.29 is 4.92 Å². The van der Waals surface area contributed by atoms with Gasteiger partial charge in [-0.3, -0.25) is 4.68 Å². The average molecular weight is 341 g/mol. The molecular weight excluding hydrogens is 326 g/mol. The maximum Gasteiger partial charge on any atom is 0.390 e. The number of rotatable bonds is 4. The predicted molar refractivity (Wildman–Crippen MR) is 87.1 cm³/mol. The predicted octanol–water partition coefficient (Wildman–Crippen LogP) is 1.42. The van der Waals surface area contributed by atoms with Crippen LogP contribution in [-0.2, 0) is 7.05 Å². The summed E-state index contributed by atoms with van der Waals surface area (Å²) in [7, 11) is 1.81. The van der Waals surface area contributed by atoms with Gasteiger partial charge in [-0.1, -0.05) is 6.92 Å². The van der Waals surface area contributed by atoms with E-state index < -0.39 is 4.92 Å². The van der Waals surface area contributed by atoms with E-state index in [4.69, 9.17) is 0 Å². The number of hydrogen-bond donors (Lipinski definition) is 0. The van der Waals surface area contributed by atoms with Gasteiger partial charge in [0, 0.05) is 7.05 Å². The van der Waals surface area contributed by atoms with E-state index in [1.807, 2.05) is 14.0 Å². The van der Waals surface area contributed by atoms with Crippen molar-refractivity contribution in [1.82, 2.24) is 39.1 Å². The lowest BCUT2D eigenvalue weighted by Gasteiger charge is -2.09. The molecule has 0 fully saturated rings. The van der Waals surface area contributed by atoms with Crippen molar-refractivity contribution in [3.63, 3.8) is 0 Å². The van der Waals surface area contributed by atoms with Crippen LogP contribution in [0.25, 0.3) is 16.7 Å². The molecule has 1 atom stereocenters. The molecule has 25 heavy (non-hydrogen) atoms. The summed E-state index contributed by atoms with van der Waals surface area (Å²) in [5.74, 6) is 0.345. The van der Waals surface area contributed by atoms with Crippen LogP contribution >= 0.6 is 0 Å². The fraction of sp³-hybridized carbons (Fsp3) is 0.357. The maximum atomic E-state index is 11.0. The van der Waals surface area contributed by atoms with E-state index in [0.717, 1.165) is 5.39 Å². The van der Waals surface area contributed by atoms with Crippen LogP contribution in [0.3, 0.4) is 0 Å². The quantitative estimate of drug-likeness (QED) is 0.406. The van der Waals surface area contributed by atoms with Crippen LogP contribution in [0.4, 0.5) is 5.82 Å². The highest BCUT2D eigenvalue weighted by Gasteiger charge is 2.26. The molecule has 0 aliphatic rings. The van der Waals surface area contributed by atoms with E-state index in [-0.39, 0.29) is 11.9 Å². The molecular formula is C14H15N9O2. The minimum atomic E-state index is -0.504. The number of aryl methyl sites for hydroxylation is 2. The monoisotopic (exact) mass is 341 g/mol. The molecule has 0 aromatic carbocycles. The maximum absolute atomic E-state index is 11.0. The van der Waals surface area contributed by atoms with E-state index in [1.165, 1.54) is 6.07 Å². The number of hydrogen-bond acceptors (Lipinski definition) is 7. The van der Waals surface area contributed by atoms with Crippen molar-refractivity contribution in [2.45, 2.75) is 26.3 Å². The standard InChI is InChI=1S/C14H15N9O2/c1-4-10(22-8(2)5-11(18-22)23(24)25)12-17-14-9-6-16-20(3)13(9)15-7-21(14)19-12/h5-7,10H,4H2,1-3H3/t10-/m0/s1. The highest BCUT2D eigenvalue weighted by Crippen LogP contribution is 2.25. The summed E-state index contributed by atoms with van der Waals surface area (Å²) in [6.07, 6.45) is 3.92. The van der Waals surface area contributed by atoms with Gasteiger partial charge in [0.15, 0.2) is 17.1 Å². The number of aromatic nitrogens is 8. The van der Waals surface area contributed by atoms with Gasteiger partial charge in [0.25, 0.3) is 0 Å². The minimum Gasteiger partial charge on any atom is -0.358 e. The van der Waals surface area contributed by atoms with Crippen molar-refractivity contribution in [2.24, 2.45) is 7.05 Å². The second kappa shape index (κ2) is 5.33. The summed E-state index contributed by atoms with van der Waals surface area (Å²) in [5, 5.41) is 24.5. The van der Waals surface area contributed by atoms with E-state index in [2.05, 4.69) is 25.3 Å². The van der Waals surface area contributed by atoms with Gasteiger partial charge in [-0.25, -0.2) is 14.5 Å². The molecule has 0 radical (unpaired) electrons. The van der Waals surface area contributed by atoms with Gasteiger partial charge < -0.3 is 10.1 Å². The molecule has 0 amide bonds. The minimum absolute atomic E-state index is 0.184. The molecule has 4 aromatic rings. The molecule has 0 aliphatic carbocycles. The molecule has 0 bridgehead atoms. The van der Waals surface area contributed by atoms with Crippen molar-refractivity contribution >= 4 is 22.5 Å². The van der Waals surface area contributed by atoms with Crippen LogP contribution in [0.15, 0.2) is 18.6 Å². The first-order valence-electron chi connectivity index (χ1n) is 7.73. The van der Waals surface area contributed by atoms with Gasteiger partial charge in [0.1, 0.15) is 12.4 Å². The molecule has 4 heterocycles. The van der Waals surface area contributed by atoms with Crippen molar-refractivity contribution in [3.05, 3.63) is 40.2 Å². The van der Waals surface area contributed by atoms with Crippen LogP contribution in [-0.4, -0.2) is 44.1 Å². The van der Waals surface area contributed by atoms with Gasteiger partial charge in [0.05, 0.1) is 28.4 Å². The van der Waals surface area contributed by atoms with E-state index in [0.29, 0.717) is 29.2 Å². The molecule has 4 aromatic heterocycles. The summed E-state index contributed by atoms with van der Waals surface area (Å²) in [4.78, 5) is 19.4. The van der Waals surface area contributed by atoms with Crippen LogP contribution in [0.1, 0.15) is 30.9 Å². The highest BCUT2D eigenvalue weighted by atomic mass is 16.6. The zero-order valence-electron chi connectivity index (χ0n) is 13.9. The summed E-state index contributed by atoms with van der Waals surface area (Å²) in [6, 6.07) is 1.14. The normalized spacial score (nSPS) is 12.9. The van der Waals surface area contributed by atoms with Crippen molar-refractivity contribution in [1.29, 1.82) is 0 Å². The Morgan fingerprint density at radius 1 is 1.32 bits per heavy atom. The average Bonchev–Trinajstić information content (AvgIpc) is 3.26. The first-order chi connectivity index (χ1) is 12.0. The first-order valence-corrected chi connectivity index (χ1v) is 7.73. The lowest BCUT2D eigenvalue weighted by atomic mass is 10.2. The fourth-order valence-corrected chi connectivity index (χ4v) is 2.94. The van der Waals surface area contributed by atoms with E-state index in [1.54, 1.807) is 33.3 Å². The van der Waals surface area contributed by atoms with E-state index in [9.17, 15) is 10.1 Å². The Labute approximate surface area is 141 Å². The third kappa shape index (κ3) is 2.23. The first kappa shape index (κ1) is 15.2. The summed E-state index contributed by atoms with van der Waals surface area (Å²) in [6.45, 7) is 3.74. The van der Waals surface area contributed by atoms with Crippen molar-refractivity contribution in [2.75, 3.05) is 0 Å². The number of nitro groups is 1. The highest BCUT2D eigenvalue weighted by molar-refractivity contribution is 5.88. The molecule has 0 unspecified atom stereocenters. The Morgan fingerprint density at radius 2 is 2.12 bits per heavy atom. The van der Waals surface area contributed by atoms with Crippen LogP contribution in [0.5, 0.6) is 0 Å². The Bertz CT molecular complexity index is 1110. The SMILES string of the molecule is CC[C@@H](c1nc2c3cnn(C)c3ncn2n1)n1nc([N+](=O)[O-])cc1C. The van der Waals surface area contributed by atoms with Gasteiger partial charge in [-0.15, -0.1) is 5.10 Å². The second-order valence-electron chi connectivity index (χ2n) is 5.76. The third-order valence-corrected chi connectivity index (χ3v) is 4.16. The third-order valence-electron chi connectivity index (χ3n) is 4.16. The molecule has 4 rings (SSSR count). The Morgan fingerprint density at radius 3 is 2.80 bits per heavy atom. The number of fused-ring (bicyclic) bond motifs is 3. The summed E-state index contributed by atoms with van der Waals surface area (Å²) < 4.78 is 4.86. The molecule has 0 aliphatic heterocycles. The van der Waals surface area contributed by atoms with Gasteiger partial charge in [0.2, 0.25) is 0 Å². The van der Waals surface area contributed by atoms with Crippen molar-refractivity contribution in [3.8, 4) is 0 Å². The zero-order chi connectivity index (χ0) is 17.7. The lowest BCUT2D eigenvalue weighted by molar-refractivity contribution is -0.389. The van der Waals surface area contributed by atoms with E-state index >= 15 is 0 Å². The molecule has 0 saturated heterocycles. The molecule has 0 saturated carbocycles. The second-order valence-corrected chi connectivity index (χ2v) is 5.76. The summed E-state index contributed by atoms with van der Waals surface area (Å²) in [5.41, 5.74) is 2.04. The molecule has 11 nitrogen and oxygen atoms in total. The smallest absolute Gasteiger partial charge is 0.358 e. The molecule has 128 valence electrons.